The summed E-state index contributed by atoms with van der Waals surface area (Å²) >= 11 is 9.46. The topological polar surface area (TPSA) is 66.2 Å². The number of aromatic nitrogens is 1. The predicted octanol–water partition coefficient (Wildman–Crippen LogP) is 1.85. The Morgan fingerprint density at radius 1 is 1.58 bits per heavy atom. The summed E-state index contributed by atoms with van der Waals surface area (Å²) in [6.45, 7) is 3.46. The first-order valence-corrected chi connectivity index (χ1v) is 7.29. The zero-order valence-electron chi connectivity index (χ0n) is 10.8. The van der Waals surface area contributed by atoms with Crippen molar-refractivity contribution in [3.63, 3.8) is 0 Å². The van der Waals surface area contributed by atoms with Gasteiger partial charge in [0.25, 0.3) is 5.91 Å². The number of H-pyrrole nitrogens is 1. The highest BCUT2D eigenvalue weighted by atomic mass is 79.9. The summed E-state index contributed by atoms with van der Waals surface area (Å²) in [4.78, 5) is 15.2. The highest BCUT2D eigenvalue weighted by Gasteiger charge is 2.28. The van der Waals surface area contributed by atoms with Crippen LogP contribution in [0.5, 0.6) is 0 Å². The van der Waals surface area contributed by atoms with Gasteiger partial charge in [0, 0.05) is 19.3 Å². The lowest BCUT2D eigenvalue weighted by molar-refractivity contribution is 0.0475. The summed E-state index contributed by atoms with van der Waals surface area (Å²) in [5, 5.41) is 6.63. The molecule has 1 aliphatic heterocycles. The number of hydrogen-bond acceptors (Lipinski definition) is 3. The van der Waals surface area contributed by atoms with Crippen molar-refractivity contribution in [2.45, 2.75) is 25.5 Å². The van der Waals surface area contributed by atoms with Gasteiger partial charge in [0.1, 0.15) is 5.69 Å². The third-order valence-electron chi connectivity index (χ3n) is 3.33. The van der Waals surface area contributed by atoms with Gasteiger partial charge in [-0.3, -0.25) is 4.79 Å². The lowest BCUT2D eigenvalue weighted by Gasteiger charge is -2.31. The fourth-order valence-corrected chi connectivity index (χ4v) is 2.78. The van der Waals surface area contributed by atoms with Crippen molar-refractivity contribution in [3.05, 3.63) is 20.9 Å². The summed E-state index contributed by atoms with van der Waals surface area (Å²) in [7, 11) is 1.65. The molecule has 7 heteroatoms. The van der Waals surface area contributed by atoms with Crippen LogP contribution in [-0.2, 0) is 4.74 Å². The molecule has 106 valence electrons. The average Bonchev–Trinajstić information content (AvgIpc) is 2.67. The van der Waals surface area contributed by atoms with Crippen molar-refractivity contribution in [2.75, 3.05) is 20.2 Å². The van der Waals surface area contributed by atoms with Crippen LogP contribution in [0.3, 0.4) is 0 Å². The molecule has 0 aromatic carbocycles. The summed E-state index contributed by atoms with van der Waals surface area (Å²) in [6, 6.07) is -0.00259. The van der Waals surface area contributed by atoms with Crippen molar-refractivity contribution >= 4 is 33.4 Å². The Labute approximate surface area is 125 Å². The lowest BCUT2D eigenvalue weighted by Crippen LogP contribution is -2.53. The number of carbonyl (C=O) groups excluding carboxylic acids is 1. The fourth-order valence-electron chi connectivity index (χ4n) is 2.21. The van der Waals surface area contributed by atoms with Crippen LogP contribution in [0.15, 0.2) is 4.47 Å². The molecule has 1 aromatic rings. The Bertz CT molecular complexity index is 478. The molecule has 0 unspecified atom stereocenters. The number of aryl methyl sites for hydroxylation is 1. The normalized spacial score (nSPS) is 23.4. The minimum atomic E-state index is -0.201. The Kier molecular flexibility index (Phi) is 4.89. The quantitative estimate of drug-likeness (QED) is 0.779. The van der Waals surface area contributed by atoms with Gasteiger partial charge in [-0.2, -0.15) is 0 Å². The van der Waals surface area contributed by atoms with E-state index in [1.807, 2.05) is 6.92 Å². The predicted molar refractivity (Wildman–Crippen MR) is 77.8 cm³/mol. The molecular formula is C12H17BrClN3O2. The monoisotopic (exact) mass is 349 g/mol. The number of halogens is 2. The zero-order valence-corrected chi connectivity index (χ0v) is 13.2. The molecule has 2 heterocycles. The molecule has 19 heavy (non-hydrogen) atoms. The first-order chi connectivity index (χ1) is 9.04. The van der Waals surface area contributed by atoms with Gasteiger partial charge in [-0.15, -0.1) is 0 Å². The summed E-state index contributed by atoms with van der Waals surface area (Å²) in [5.74, 6) is -0.201. The molecule has 1 aromatic heterocycles. The molecule has 1 fully saturated rings. The van der Waals surface area contributed by atoms with Gasteiger partial charge in [0.05, 0.1) is 21.6 Å². The summed E-state index contributed by atoms with van der Waals surface area (Å²) in [5.41, 5.74) is 1.23. The van der Waals surface area contributed by atoms with E-state index in [0.717, 1.165) is 29.7 Å². The average molecular weight is 351 g/mol. The molecule has 0 radical (unpaired) electrons. The molecule has 3 N–H and O–H groups in total. The van der Waals surface area contributed by atoms with Crippen molar-refractivity contribution < 1.29 is 9.53 Å². The Balaban J connectivity index is 2.09. The number of nitrogens with one attached hydrogen (secondary N) is 3. The van der Waals surface area contributed by atoms with Gasteiger partial charge in [-0.05, 0) is 35.8 Å². The number of aromatic amines is 1. The number of rotatable bonds is 3. The second-order valence-corrected chi connectivity index (χ2v) is 5.77. The maximum atomic E-state index is 12.2. The van der Waals surface area contributed by atoms with Crippen LogP contribution in [0.1, 0.15) is 22.6 Å². The van der Waals surface area contributed by atoms with Gasteiger partial charge in [-0.1, -0.05) is 11.6 Å². The Morgan fingerprint density at radius 2 is 2.32 bits per heavy atom. The maximum Gasteiger partial charge on any atom is 0.269 e. The minimum absolute atomic E-state index is 0.00259. The van der Waals surface area contributed by atoms with E-state index < -0.39 is 0 Å². The molecule has 5 nitrogen and oxygen atoms in total. The molecule has 0 saturated carbocycles. The van der Waals surface area contributed by atoms with E-state index in [2.05, 4.69) is 31.5 Å². The Morgan fingerprint density at radius 3 is 2.89 bits per heavy atom. The summed E-state index contributed by atoms with van der Waals surface area (Å²) in [6.07, 6.45) is 0.818. The van der Waals surface area contributed by atoms with Gasteiger partial charge >= 0.3 is 0 Å². The maximum absolute atomic E-state index is 12.2. The van der Waals surface area contributed by atoms with E-state index in [9.17, 15) is 4.79 Å². The fraction of sp³-hybridized carbons (Fsp3) is 0.583. The van der Waals surface area contributed by atoms with Crippen molar-refractivity contribution in [3.8, 4) is 0 Å². The highest BCUT2D eigenvalue weighted by molar-refractivity contribution is 9.10. The molecular weight excluding hydrogens is 334 g/mol. The Hall–Kier alpha value is -0.560. The van der Waals surface area contributed by atoms with Gasteiger partial charge in [0.15, 0.2) is 0 Å². The lowest BCUT2D eigenvalue weighted by atomic mass is 10.0. The molecule has 0 spiro atoms. The number of hydrogen-bond donors (Lipinski definition) is 3. The van der Waals surface area contributed by atoms with Crippen LogP contribution in [0.2, 0.25) is 5.02 Å². The molecule has 2 atom stereocenters. The van der Waals surface area contributed by atoms with E-state index in [-0.39, 0.29) is 18.1 Å². The van der Waals surface area contributed by atoms with Crippen molar-refractivity contribution in [2.24, 2.45) is 0 Å². The number of amides is 1. The smallest absolute Gasteiger partial charge is 0.269 e. The molecule has 2 rings (SSSR count). The number of ether oxygens (including phenoxy) is 1. The standard InChI is InChI=1S/C12H17BrClN3O2/c1-6-9(13)10(14)11(16-6)12(18)17-7-3-4-15-5-8(7)19-2/h7-8,15-16H,3-5H2,1-2H3,(H,17,18)/t7-,8-/m1/s1. The molecule has 1 amide bonds. The second-order valence-electron chi connectivity index (χ2n) is 4.60. The van der Waals surface area contributed by atoms with Gasteiger partial charge in [-0.25, -0.2) is 0 Å². The van der Waals surface area contributed by atoms with Crippen LogP contribution in [0.4, 0.5) is 0 Å². The minimum Gasteiger partial charge on any atom is -0.378 e. The summed E-state index contributed by atoms with van der Waals surface area (Å²) < 4.78 is 6.10. The second kappa shape index (κ2) is 6.26. The van der Waals surface area contributed by atoms with E-state index in [1.165, 1.54) is 0 Å². The molecule has 1 aliphatic rings. The van der Waals surface area contributed by atoms with Crippen LogP contribution in [0.25, 0.3) is 0 Å². The van der Waals surface area contributed by atoms with Crippen LogP contribution in [-0.4, -0.2) is 43.2 Å². The van der Waals surface area contributed by atoms with E-state index >= 15 is 0 Å². The van der Waals surface area contributed by atoms with Gasteiger partial charge in [0.2, 0.25) is 0 Å². The van der Waals surface area contributed by atoms with Crippen LogP contribution < -0.4 is 10.6 Å². The highest BCUT2D eigenvalue weighted by Crippen LogP contribution is 2.29. The third-order valence-corrected chi connectivity index (χ3v) is 4.92. The third kappa shape index (κ3) is 3.13. The van der Waals surface area contributed by atoms with Gasteiger partial charge < -0.3 is 20.4 Å². The number of piperidine rings is 1. The first kappa shape index (κ1) is 14.8. The largest absolute Gasteiger partial charge is 0.378 e. The molecule has 0 bridgehead atoms. The van der Waals surface area contributed by atoms with E-state index in [4.69, 9.17) is 16.3 Å². The van der Waals surface area contributed by atoms with Crippen LogP contribution in [0, 0.1) is 6.92 Å². The van der Waals surface area contributed by atoms with Crippen molar-refractivity contribution in [1.29, 1.82) is 0 Å². The zero-order chi connectivity index (χ0) is 14.0. The van der Waals surface area contributed by atoms with E-state index in [1.54, 1.807) is 7.11 Å². The SMILES string of the molecule is CO[C@@H]1CNCC[C@H]1NC(=O)c1[nH]c(C)c(Br)c1Cl. The van der Waals surface area contributed by atoms with E-state index in [0.29, 0.717) is 10.7 Å². The molecule has 1 saturated heterocycles. The molecule has 0 aliphatic carbocycles. The first-order valence-electron chi connectivity index (χ1n) is 6.12. The number of carbonyl (C=O) groups is 1. The van der Waals surface area contributed by atoms with Crippen LogP contribution >= 0.6 is 27.5 Å². The number of methoxy groups -OCH3 is 1. The van der Waals surface area contributed by atoms with Crippen molar-refractivity contribution in [1.82, 2.24) is 15.6 Å².